The lowest BCUT2D eigenvalue weighted by Crippen LogP contribution is -2.42. The maximum absolute atomic E-state index is 13.3. The number of nitrogen functional groups attached to an aromatic ring is 1. The van der Waals surface area contributed by atoms with E-state index in [4.69, 9.17) is 22.4 Å². The summed E-state index contributed by atoms with van der Waals surface area (Å²) in [4.78, 5) is 24.5. The fourth-order valence-electron chi connectivity index (χ4n) is 3.17. The van der Waals surface area contributed by atoms with E-state index in [-0.39, 0.29) is 44.1 Å². The third kappa shape index (κ3) is 5.64. The Labute approximate surface area is 183 Å². The van der Waals surface area contributed by atoms with Gasteiger partial charge < -0.3 is 21.1 Å². The number of alkyl halides is 2. The highest BCUT2D eigenvalue weighted by atomic mass is 35.5. The predicted octanol–water partition coefficient (Wildman–Crippen LogP) is 4.08. The van der Waals surface area contributed by atoms with Gasteiger partial charge in [0, 0.05) is 37.1 Å². The highest BCUT2D eigenvalue weighted by molar-refractivity contribution is 6.33. The summed E-state index contributed by atoms with van der Waals surface area (Å²) < 4.78 is 26.6. The smallest absolute Gasteiger partial charge is 0.405 e. The minimum atomic E-state index is -2.71. The van der Waals surface area contributed by atoms with Gasteiger partial charge in [-0.25, -0.2) is 13.6 Å². The van der Waals surface area contributed by atoms with Gasteiger partial charge in [0.05, 0.1) is 17.3 Å². The molecule has 0 bridgehead atoms. The fraction of sp³-hybridized carbons (Fsp3) is 0.273. The number of carbonyl (C=O) groups excluding carboxylic acids is 1. The van der Waals surface area contributed by atoms with Crippen LogP contribution in [0.4, 0.5) is 19.3 Å². The van der Waals surface area contributed by atoms with Gasteiger partial charge in [0.25, 0.3) is 11.8 Å². The van der Waals surface area contributed by atoms with Crippen molar-refractivity contribution in [1.29, 1.82) is 0 Å². The van der Waals surface area contributed by atoms with Crippen molar-refractivity contribution in [1.82, 2.24) is 10.2 Å². The Hall–Kier alpha value is -3.31. The highest BCUT2D eigenvalue weighted by Crippen LogP contribution is 2.31. The van der Waals surface area contributed by atoms with Crippen molar-refractivity contribution in [3.63, 3.8) is 0 Å². The van der Waals surface area contributed by atoms with Crippen LogP contribution in [0.1, 0.15) is 28.8 Å². The molecule has 0 aliphatic carbocycles. The molecular weight excluding hydrogens is 428 g/mol. The van der Waals surface area contributed by atoms with E-state index in [1.807, 2.05) is 0 Å². The first-order chi connectivity index (χ1) is 14.7. The number of carboxylic acid groups (broad SMARTS) is 1. The van der Waals surface area contributed by atoms with Crippen molar-refractivity contribution in [2.45, 2.75) is 18.8 Å². The molecule has 0 spiro atoms. The number of carbonyl (C=O) groups is 2. The van der Waals surface area contributed by atoms with Crippen LogP contribution in [-0.2, 0) is 0 Å². The van der Waals surface area contributed by atoms with Gasteiger partial charge in [-0.3, -0.25) is 4.79 Å². The van der Waals surface area contributed by atoms with Crippen LogP contribution in [-0.4, -0.2) is 47.6 Å². The molecule has 0 atom stereocenters. The van der Waals surface area contributed by atoms with Gasteiger partial charge in [-0.2, -0.15) is 0 Å². The molecule has 4 N–H and O–H groups in total. The number of nitrogens with zero attached hydrogens (tertiary/aromatic N) is 1. The Morgan fingerprint density at radius 3 is 2.42 bits per heavy atom. The molecule has 0 aromatic heterocycles. The average Bonchev–Trinajstić information content (AvgIpc) is 2.73. The van der Waals surface area contributed by atoms with E-state index in [1.54, 1.807) is 36.4 Å². The number of likely N-dealkylation sites (tertiary alicyclic amines) is 1. The van der Waals surface area contributed by atoms with Crippen molar-refractivity contribution in [2.24, 2.45) is 0 Å². The summed E-state index contributed by atoms with van der Waals surface area (Å²) in [5.41, 5.74) is 8.58. The van der Waals surface area contributed by atoms with Crippen LogP contribution in [0, 0.1) is 11.8 Å². The maximum Gasteiger partial charge on any atom is 0.405 e. The first-order valence-electron chi connectivity index (χ1n) is 9.48. The molecule has 9 heteroatoms. The lowest BCUT2D eigenvalue weighted by molar-refractivity contribution is -0.0494. The zero-order chi connectivity index (χ0) is 22.6. The molecule has 2 aromatic carbocycles. The van der Waals surface area contributed by atoms with Gasteiger partial charge in [-0.1, -0.05) is 35.6 Å². The van der Waals surface area contributed by atoms with Crippen molar-refractivity contribution >= 4 is 29.3 Å². The van der Waals surface area contributed by atoms with E-state index in [1.165, 1.54) is 4.90 Å². The molecule has 0 radical (unpaired) electrons. The SMILES string of the molecule is Nc1c(Cl)cc(-c2ccc(C(=O)N3CCC(F)(F)CC3)cc2)cc1C#CCNC(=O)O. The number of hydrogen-bond acceptors (Lipinski definition) is 3. The van der Waals surface area contributed by atoms with E-state index in [0.717, 1.165) is 5.56 Å². The number of halogens is 3. The molecule has 1 saturated heterocycles. The molecular formula is C22H20ClF2N3O3. The first kappa shape index (κ1) is 22.4. The zero-order valence-corrected chi connectivity index (χ0v) is 17.2. The molecule has 1 fully saturated rings. The number of benzene rings is 2. The largest absolute Gasteiger partial charge is 0.465 e. The second-order valence-corrected chi connectivity index (χ2v) is 7.51. The third-order valence-electron chi connectivity index (χ3n) is 4.93. The quantitative estimate of drug-likeness (QED) is 0.488. The monoisotopic (exact) mass is 447 g/mol. The minimum absolute atomic E-state index is 0.0277. The van der Waals surface area contributed by atoms with Gasteiger partial charge in [0.2, 0.25) is 0 Å². The van der Waals surface area contributed by atoms with Crippen LogP contribution in [0.5, 0.6) is 0 Å². The van der Waals surface area contributed by atoms with Crippen LogP contribution in [0.3, 0.4) is 0 Å². The fourth-order valence-corrected chi connectivity index (χ4v) is 3.39. The van der Waals surface area contributed by atoms with Crippen molar-refractivity contribution in [3.05, 3.63) is 52.5 Å². The second kappa shape index (κ2) is 9.23. The normalized spacial score (nSPS) is 15.0. The summed E-state index contributed by atoms with van der Waals surface area (Å²) in [6, 6.07) is 10.1. The molecule has 0 unspecified atom stereocenters. The number of anilines is 1. The Morgan fingerprint density at radius 1 is 1.16 bits per heavy atom. The summed E-state index contributed by atoms with van der Waals surface area (Å²) in [6.45, 7) is -0.00427. The van der Waals surface area contributed by atoms with Crippen LogP contribution >= 0.6 is 11.6 Å². The molecule has 31 heavy (non-hydrogen) atoms. The van der Waals surface area contributed by atoms with Gasteiger partial charge in [0.15, 0.2) is 0 Å². The Morgan fingerprint density at radius 2 is 1.81 bits per heavy atom. The zero-order valence-electron chi connectivity index (χ0n) is 16.4. The molecule has 6 nitrogen and oxygen atoms in total. The van der Waals surface area contributed by atoms with E-state index >= 15 is 0 Å². The Bertz CT molecular complexity index is 1050. The number of rotatable bonds is 3. The molecule has 162 valence electrons. The molecule has 2 amide bonds. The second-order valence-electron chi connectivity index (χ2n) is 7.11. The third-order valence-corrected chi connectivity index (χ3v) is 5.24. The highest BCUT2D eigenvalue weighted by Gasteiger charge is 2.35. The van der Waals surface area contributed by atoms with Crippen molar-refractivity contribution in [2.75, 3.05) is 25.4 Å². The van der Waals surface area contributed by atoms with Gasteiger partial charge in [-0.15, -0.1) is 0 Å². The summed E-state index contributed by atoms with van der Waals surface area (Å²) >= 11 is 6.21. The minimum Gasteiger partial charge on any atom is -0.465 e. The van der Waals surface area contributed by atoms with Crippen LogP contribution in [0.25, 0.3) is 11.1 Å². The van der Waals surface area contributed by atoms with E-state index in [9.17, 15) is 18.4 Å². The van der Waals surface area contributed by atoms with Crippen LogP contribution < -0.4 is 11.1 Å². The number of nitrogens with one attached hydrogen (secondary N) is 1. The standard InChI is InChI=1S/C22H20ClF2N3O3/c23-18-13-17(12-16(19(18)26)2-1-9-27-21(30)31)14-3-5-15(6-4-14)20(29)28-10-7-22(24,25)8-11-28/h3-6,12-13,27H,7-11,26H2,(H,30,31). The lowest BCUT2D eigenvalue weighted by Gasteiger charge is -2.31. The summed E-state index contributed by atoms with van der Waals surface area (Å²) in [7, 11) is 0. The van der Waals surface area contributed by atoms with Crippen molar-refractivity contribution < 1.29 is 23.5 Å². The topological polar surface area (TPSA) is 95.7 Å². The predicted molar refractivity (Wildman–Crippen MR) is 114 cm³/mol. The van der Waals surface area contributed by atoms with E-state index < -0.39 is 12.0 Å². The molecule has 0 saturated carbocycles. The maximum atomic E-state index is 13.3. The first-order valence-corrected chi connectivity index (χ1v) is 9.86. The summed E-state index contributed by atoms with van der Waals surface area (Å²) in [5, 5.41) is 11.0. The summed E-state index contributed by atoms with van der Waals surface area (Å²) in [6.07, 6.45) is -1.83. The van der Waals surface area contributed by atoms with Crippen LogP contribution in [0.2, 0.25) is 5.02 Å². The summed E-state index contributed by atoms with van der Waals surface area (Å²) in [5.74, 6) is 2.46. The van der Waals surface area contributed by atoms with Gasteiger partial charge in [0.1, 0.15) is 0 Å². The molecule has 1 heterocycles. The number of nitrogens with two attached hydrogens (primary N) is 1. The average molecular weight is 448 g/mol. The molecule has 2 aromatic rings. The van der Waals surface area contributed by atoms with Gasteiger partial charge >= 0.3 is 6.09 Å². The molecule has 1 aliphatic rings. The van der Waals surface area contributed by atoms with Crippen LogP contribution in [0.15, 0.2) is 36.4 Å². The van der Waals surface area contributed by atoms with Gasteiger partial charge in [-0.05, 0) is 35.4 Å². The number of piperidine rings is 1. The Balaban J connectivity index is 1.77. The number of hydrogen-bond donors (Lipinski definition) is 3. The number of amides is 2. The Kier molecular flexibility index (Phi) is 6.66. The lowest BCUT2D eigenvalue weighted by atomic mass is 10.00. The van der Waals surface area contributed by atoms with Crippen molar-refractivity contribution in [3.8, 4) is 23.0 Å². The van der Waals surface area contributed by atoms with E-state index in [2.05, 4.69) is 17.2 Å². The molecule has 1 aliphatic heterocycles. The molecule has 3 rings (SSSR count). The van der Waals surface area contributed by atoms with E-state index in [0.29, 0.717) is 21.7 Å².